The summed E-state index contributed by atoms with van der Waals surface area (Å²) in [5, 5.41) is 0. The number of amides is 2. The maximum absolute atomic E-state index is 13.1. The van der Waals surface area contributed by atoms with E-state index in [1.807, 2.05) is 9.80 Å². The monoisotopic (exact) mass is 681 g/mol. The van der Waals surface area contributed by atoms with Gasteiger partial charge in [-0.05, 0) is 82.4 Å². The summed E-state index contributed by atoms with van der Waals surface area (Å²) in [7, 11) is 0. The van der Waals surface area contributed by atoms with Crippen molar-refractivity contribution in [1.82, 2.24) is 19.8 Å². The van der Waals surface area contributed by atoms with E-state index in [9.17, 15) is 23.2 Å². The van der Waals surface area contributed by atoms with Crippen molar-refractivity contribution in [2.24, 2.45) is 5.73 Å². The van der Waals surface area contributed by atoms with Crippen LogP contribution in [0, 0.1) is 0 Å². The number of hydrogen-bond donors (Lipinski definition) is 1. The largest absolute Gasteiger partial charge is 0.473 e. The van der Waals surface area contributed by atoms with Crippen LogP contribution in [0.15, 0.2) is 48.3 Å². The van der Waals surface area contributed by atoms with Crippen LogP contribution in [0.3, 0.4) is 0 Å². The van der Waals surface area contributed by atoms with Gasteiger partial charge in [0.1, 0.15) is 18.8 Å². The van der Waals surface area contributed by atoms with Crippen LogP contribution in [0.1, 0.15) is 91.1 Å². The minimum Gasteiger partial charge on any atom is -0.473 e. The molecule has 2 aromatic heterocycles. The third-order valence-electron chi connectivity index (χ3n) is 8.58. The third-order valence-corrected chi connectivity index (χ3v) is 8.58. The van der Waals surface area contributed by atoms with E-state index in [1.165, 1.54) is 0 Å². The van der Waals surface area contributed by atoms with E-state index >= 15 is 0 Å². The van der Waals surface area contributed by atoms with Gasteiger partial charge in [0.25, 0.3) is 11.8 Å². The summed E-state index contributed by atoms with van der Waals surface area (Å²) in [4.78, 5) is 48.8. The number of carbonyl (C=O) groups excluding carboxylic acids is 3. The van der Waals surface area contributed by atoms with Crippen molar-refractivity contribution in [3.63, 3.8) is 0 Å². The molecule has 0 radical (unpaired) electrons. The smallest absolute Gasteiger partial charge is 0.306 e. The number of aromatic nitrogens is 2. The highest BCUT2D eigenvalue weighted by atomic mass is 19.1. The van der Waals surface area contributed by atoms with Crippen molar-refractivity contribution in [3.05, 3.63) is 70.6 Å². The number of pyridine rings is 2. The number of rotatable bonds is 12. The Morgan fingerprint density at radius 1 is 0.837 bits per heavy atom. The lowest BCUT2D eigenvalue weighted by Crippen LogP contribution is -2.39. The first kappa shape index (κ1) is 35.9. The number of fused-ring (bicyclic) bond motifs is 2. The van der Waals surface area contributed by atoms with Crippen LogP contribution in [0.2, 0.25) is 0 Å². The van der Waals surface area contributed by atoms with Crippen LogP contribution in [0.4, 0.5) is 8.78 Å². The summed E-state index contributed by atoms with van der Waals surface area (Å²) in [6.45, 7) is 7.00. The number of carbonyl (C=O) groups is 3. The molecule has 2 N–H and O–H groups in total. The number of esters is 1. The number of nitrogens with two attached hydrogens (primary N) is 1. The lowest BCUT2D eigenvalue weighted by atomic mass is 10.0. The van der Waals surface area contributed by atoms with Crippen LogP contribution in [-0.4, -0.2) is 88.1 Å². The highest BCUT2D eigenvalue weighted by Crippen LogP contribution is 2.33. The van der Waals surface area contributed by atoms with E-state index in [1.54, 1.807) is 45.3 Å². The van der Waals surface area contributed by atoms with Crippen molar-refractivity contribution >= 4 is 17.8 Å². The number of hydrogen-bond acceptors (Lipinski definition) is 9. The molecule has 0 spiro atoms. The van der Waals surface area contributed by atoms with Crippen LogP contribution in [0.25, 0.3) is 0 Å². The van der Waals surface area contributed by atoms with E-state index in [4.69, 9.17) is 19.9 Å². The Balaban J connectivity index is 0.000000199. The van der Waals surface area contributed by atoms with E-state index in [0.717, 1.165) is 56.2 Å². The van der Waals surface area contributed by atoms with Gasteiger partial charge in [-0.3, -0.25) is 14.4 Å². The number of nitrogens with zero attached hydrogens (tertiary/aromatic N) is 4. The topological polar surface area (TPSA) is 137 Å². The van der Waals surface area contributed by atoms with Gasteiger partial charge in [-0.15, -0.1) is 0 Å². The Morgan fingerprint density at radius 2 is 1.31 bits per heavy atom. The zero-order valence-electron chi connectivity index (χ0n) is 28.4. The molecule has 0 saturated heterocycles. The Kier molecular flexibility index (Phi) is 11.6. The minimum atomic E-state index is -0.563. The lowest BCUT2D eigenvalue weighted by molar-refractivity contribution is -0.154. The fourth-order valence-corrected chi connectivity index (χ4v) is 5.65. The zero-order valence-corrected chi connectivity index (χ0v) is 28.4. The first-order chi connectivity index (χ1) is 23.5. The lowest BCUT2D eigenvalue weighted by Gasteiger charge is -2.28. The van der Waals surface area contributed by atoms with Gasteiger partial charge in [-0.2, -0.15) is 0 Å². The van der Waals surface area contributed by atoms with Gasteiger partial charge in [0.05, 0.1) is 23.8 Å². The van der Waals surface area contributed by atoms with Crippen molar-refractivity contribution in [3.8, 4) is 11.8 Å². The van der Waals surface area contributed by atoms with E-state index < -0.39 is 5.60 Å². The molecule has 2 aromatic rings. The van der Waals surface area contributed by atoms with Crippen LogP contribution >= 0.6 is 0 Å². The molecule has 4 heterocycles. The van der Waals surface area contributed by atoms with Gasteiger partial charge >= 0.3 is 5.97 Å². The second kappa shape index (κ2) is 15.9. The maximum Gasteiger partial charge on any atom is 0.306 e. The van der Waals surface area contributed by atoms with Gasteiger partial charge in [0, 0.05) is 68.2 Å². The number of halogens is 2. The van der Waals surface area contributed by atoms with Gasteiger partial charge in [0.2, 0.25) is 11.8 Å². The van der Waals surface area contributed by atoms with Crippen molar-refractivity contribution in [2.75, 3.05) is 32.8 Å². The van der Waals surface area contributed by atoms with Crippen LogP contribution in [0.5, 0.6) is 11.8 Å². The molecule has 0 atom stereocenters. The zero-order chi connectivity index (χ0) is 35.1. The Hall–Kier alpha value is -4.39. The molecule has 2 amide bonds. The van der Waals surface area contributed by atoms with Crippen molar-refractivity contribution in [2.45, 2.75) is 89.8 Å². The van der Waals surface area contributed by atoms with E-state index in [0.29, 0.717) is 65.3 Å². The summed E-state index contributed by atoms with van der Waals surface area (Å²) in [6, 6.07) is 4.33. The highest BCUT2D eigenvalue weighted by Gasteiger charge is 2.37. The number of ether oxygens (including phenoxy) is 3. The fraction of sp³-hybridized carbons (Fsp3) is 0.528. The Labute approximate surface area is 285 Å². The normalized spacial score (nSPS) is 17.9. The first-order valence-corrected chi connectivity index (χ1v) is 16.8. The predicted molar refractivity (Wildman–Crippen MR) is 178 cm³/mol. The van der Waals surface area contributed by atoms with Crippen LogP contribution in [-0.2, 0) is 22.4 Å². The Bertz CT molecular complexity index is 1600. The quantitative estimate of drug-likeness (QED) is 0.306. The Morgan fingerprint density at radius 3 is 1.71 bits per heavy atom. The molecule has 264 valence electrons. The second-order valence-corrected chi connectivity index (χ2v) is 13.7. The second-order valence-electron chi connectivity index (χ2n) is 13.7. The first-order valence-electron chi connectivity index (χ1n) is 16.8. The van der Waals surface area contributed by atoms with Crippen LogP contribution < -0.4 is 15.2 Å². The predicted octanol–water partition coefficient (Wildman–Crippen LogP) is 5.03. The van der Waals surface area contributed by atoms with Crippen molar-refractivity contribution in [1.29, 1.82) is 0 Å². The summed E-state index contributed by atoms with van der Waals surface area (Å²) in [5.74, 6) is 0.461. The molecule has 0 bridgehead atoms. The molecule has 11 nitrogen and oxygen atoms in total. The summed E-state index contributed by atoms with van der Waals surface area (Å²) in [5.41, 5.74) is 8.65. The molecule has 4 aliphatic rings. The van der Waals surface area contributed by atoms with E-state index in [2.05, 4.69) is 9.97 Å². The van der Waals surface area contributed by atoms with Gasteiger partial charge in [0.15, 0.2) is 0 Å². The molecule has 0 unspecified atom stereocenters. The third kappa shape index (κ3) is 9.84. The molecule has 13 heteroatoms. The van der Waals surface area contributed by atoms with Gasteiger partial charge in [-0.25, -0.2) is 18.7 Å². The fourth-order valence-electron chi connectivity index (χ4n) is 5.65. The molecule has 6 rings (SSSR count). The molecule has 2 saturated carbocycles. The maximum atomic E-state index is 13.1. The molecule has 49 heavy (non-hydrogen) atoms. The minimum absolute atomic E-state index is 0.00672. The highest BCUT2D eigenvalue weighted by molar-refractivity contribution is 5.97. The average molecular weight is 682 g/mol. The summed E-state index contributed by atoms with van der Waals surface area (Å²) >= 11 is 0. The van der Waals surface area contributed by atoms with Crippen molar-refractivity contribution < 1.29 is 37.4 Å². The standard InChI is InChI=1S/C21H27FN2O4.C15H18FN3O2/c1-21(2,3)28-19(25)7-4-14(11-22)13-27-18-10-15-8-9-24(16-5-6-16)20(26)17(15)12-23-18;16-6-10(7-17)9-21-14-5-11-3-4-19(12-1-2-12)15(20)13(11)8-18-14/h10-12,16H,4-9,13H2,1-3H3;5-6,8,12H,1-4,7,9,17H2/b14-11+;10-6+. The molecule has 2 aliphatic carbocycles. The molecule has 2 fully saturated rings. The molecule has 0 aromatic carbocycles. The SMILES string of the molecule is CC(C)(C)OC(=O)CC/C(=C\F)COc1cc2c(cn1)C(=O)N(C1CC1)CC2.NC/C(=C\F)COc1cc2c(cn1)C(=O)N(C1CC1)CC2. The molecular weight excluding hydrogens is 636 g/mol. The van der Waals surface area contributed by atoms with Gasteiger partial charge < -0.3 is 29.7 Å². The average Bonchev–Trinajstić information content (AvgIpc) is 4.00. The summed E-state index contributed by atoms with van der Waals surface area (Å²) < 4.78 is 41.8. The summed E-state index contributed by atoms with van der Waals surface area (Å²) in [6.07, 6.45) is 10.2. The van der Waals surface area contributed by atoms with Gasteiger partial charge in [-0.1, -0.05) is 0 Å². The molecule has 2 aliphatic heterocycles. The van der Waals surface area contributed by atoms with E-state index in [-0.39, 0.29) is 50.4 Å². The molecular formula is C36H45F2N5O6.